The maximum absolute atomic E-state index is 13.4. The van der Waals surface area contributed by atoms with Crippen LogP contribution in [0.25, 0.3) is 0 Å². The molecule has 4 rings (SSSR count). The molecule has 8 heteroatoms. The number of carbonyl (C=O) groups excluding carboxylic acids is 2. The van der Waals surface area contributed by atoms with Crippen LogP contribution >= 0.6 is 0 Å². The molecule has 0 unspecified atom stereocenters. The van der Waals surface area contributed by atoms with E-state index >= 15 is 0 Å². The Morgan fingerprint density at radius 2 is 1.87 bits per heavy atom. The van der Waals surface area contributed by atoms with Gasteiger partial charge in [-0.1, -0.05) is 44.2 Å². The molecule has 1 atom stereocenters. The van der Waals surface area contributed by atoms with Crippen LogP contribution in [0.5, 0.6) is 0 Å². The molecule has 31 heavy (non-hydrogen) atoms. The van der Waals surface area contributed by atoms with E-state index in [2.05, 4.69) is 10.3 Å². The van der Waals surface area contributed by atoms with Gasteiger partial charge in [0.1, 0.15) is 6.04 Å². The van der Waals surface area contributed by atoms with Crippen molar-refractivity contribution >= 4 is 27.3 Å². The number of aromatic nitrogens is 1. The molecule has 2 heterocycles. The van der Waals surface area contributed by atoms with Gasteiger partial charge >= 0.3 is 0 Å². The summed E-state index contributed by atoms with van der Waals surface area (Å²) >= 11 is 0. The third kappa shape index (κ3) is 4.63. The number of fused-ring (bicyclic) bond motifs is 1. The first-order valence-electron chi connectivity index (χ1n) is 10.7. The van der Waals surface area contributed by atoms with Crippen LogP contribution in [-0.2, 0) is 21.2 Å². The molecule has 0 saturated heterocycles. The maximum Gasteiger partial charge on any atom is 0.256 e. The molecule has 1 N–H and O–H groups in total. The Bertz CT molecular complexity index is 1080. The highest BCUT2D eigenvalue weighted by atomic mass is 32.2. The van der Waals surface area contributed by atoms with E-state index in [1.165, 1.54) is 12.5 Å². The molecule has 1 aromatic heterocycles. The number of pyridine rings is 1. The summed E-state index contributed by atoms with van der Waals surface area (Å²) in [5, 5.41) is 2.91. The lowest BCUT2D eigenvalue weighted by atomic mass is 9.84. The monoisotopic (exact) mass is 441 g/mol. The van der Waals surface area contributed by atoms with E-state index in [4.69, 9.17) is 0 Å². The zero-order valence-corrected chi connectivity index (χ0v) is 18.4. The van der Waals surface area contributed by atoms with E-state index in [9.17, 15) is 18.0 Å². The second-order valence-electron chi connectivity index (χ2n) is 8.48. The Balaban J connectivity index is 1.64. The maximum atomic E-state index is 13.4. The molecule has 2 aliphatic rings. The summed E-state index contributed by atoms with van der Waals surface area (Å²) in [5.74, 6) is -0.270. The van der Waals surface area contributed by atoms with E-state index in [-0.39, 0.29) is 28.8 Å². The van der Waals surface area contributed by atoms with Crippen LogP contribution in [0.4, 0.5) is 5.69 Å². The minimum Gasteiger partial charge on any atom is -0.324 e. The van der Waals surface area contributed by atoms with Crippen molar-refractivity contribution in [2.75, 3.05) is 11.6 Å². The van der Waals surface area contributed by atoms with Gasteiger partial charge in [0, 0.05) is 30.9 Å². The number of carbonyl (C=O) groups is 2. The quantitative estimate of drug-likeness (QED) is 0.741. The number of hydrogen-bond acceptors (Lipinski definition) is 5. The van der Waals surface area contributed by atoms with Crippen LogP contribution in [0.3, 0.4) is 0 Å². The van der Waals surface area contributed by atoms with E-state index < -0.39 is 15.9 Å². The number of nitrogens with zero attached hydrogens (tertiary/aromatic N) is 2. The van der Waals surface area contributed by atoms with Crippen molar-refractivity contribution in [3.8, 4) is 0 Å². The predicted octanol–water partition coefficient (Wildman–Crippen LogP) is 3.42. The number of benzene rings is 1. The van der Waals surface area contributed by atoms with Crippen LogP contribution < -0.4 is 5.32 Å². The molecule has 1 saturated carbocycles. The fourth-order valence-corrected chi connectivity index (χ4v) is 5.60. The standard InChI is InChI=1S/C23H27N3O4S/c1-31(29,30)20-9-5-8-17-15-26(23(28)21(17)20)19(14-16-6-3-2-4-7-16)22(27)25-18-10-12-24-13-11-18/h5,8-13,16,19H,2-4,6-7,14-15H2,1H3,(H,24,25,27)/t19-/m0/s1. The Labute approximate surface area is 182 Å². The molecule has 164 valence electrons. The highest BCUT2D eigenvalue weighted by Gasteiger charge is 2.40. The van der Waals surface area contributed by atoms with Gasteiger partial charge in [-0.2, -0.15) is 0 Å². The molecule has 2 amide bonds. The molecule has 2 aromatic rings. The molecule has 0 radical (unpaired) electrons. The van der Waals surface area contributed by atoms with Crippen molar-refractivity contribution in [1.29, 1.82) is 0 Å². The highest BCUT2D eigenvalue weighted by Crippen LogP contribution is 2.34. The van der Waals surface area contributed by atoms with Gasteiger partial charge in [0.05, 0.1) is 10.5 Å². The zero-order chi connectivity index (χ0) is 22.0. The number of sulfone groups is 1. The molecule has 7 nitrogen and oxygen atoms in total. The van der Waals surface area contributed by atoms with E-state index in [0.717, 1.165) is 31.9 Å². The lowest BCUT2D eigenvalue weighted by Crippen LogP contribution is -2.45. The molecule has 0 bridgehead atoms. The molecule has 1 aromatic carbocycles. The predicted molar refractivity (Wildman–Crippen MR) is 117 cm³/mol. The van der Waals surface area contributed by atoms with Crippen LogP contribution in [-0.4, -0.2) is 42.4 Å². The summed E-state index contributed by atoms with van der Waals surface area (Å²) in [4.78, 5) is 32.2. The third-order valence-corrected chi connectivity index (χ3v) is 7.37. The first-order chi connectivity index (χ1) is 14.8. The van der Waals surface area contributed by atoms with Crippen molar-refractivity contribution < 1.29 is 18.0 Å². The Morgan fingerprint density at radius 1 is 1.16 bits per heavy atom. The molecule has 0 spiro atoms. The highest BCUT2D eigenvalue weighted by molar-refractivity contribution is 7.90. The second kappa shape index (κ2) is 8.78. The van der Waals surface area contributed by atoms with Crippen LogP contribution in [0.2, 0.25) is 0 Å². The van der Waals surface area contributed by atoms with E-state index in [0.29, 0.717) is 23.6 Å². The van der Waals surface area contributed by atoms with Gasteiger partial charge < -0.3 is 10.2 Å². The normalized spacial score (nSPS) is 18.0. The van der Waals surface area contributed by atoms with Crippen molar-refractivity contribution in [2.24, 2.45) is 5.92 Å². The summed E-state index contributed by atoms with van der Waals surface area (Å²) in [7, 11) is -3.56. The van der Waals surface area contributed by atoms with Gasteiger partial charge in [-0.15, -0.1) is 0 Å². The first-order valence-corrected chi connectivity index (χ1v) is 12.6. The van der Waals surface area contributed by atoms with Gasteiger partial charge in [0.15, 0.2) is 9.84 Å². The van der Waals surface area contributed by atoms with Gasteiger partial charge in [0.2, 0.25) is 5.91 Å². The minimum absolute atomic E-state index is 0.0310. The molecular weight excluding hydrogens is 414 g/mol. The second-order valence-corrected chi connectivity index (χ2v) is 10.5. The molecule has 1 aliphatic carbocycles. The summed E-state index contributed by atoms with van der Waals surface area (Å²) in [6.07, 6.45) is 10.4. The summed E-state index contributed by atoms with van der Waals surface area (Å²) in [5.41, 5.74) is 1.48. The molecular formula is C23H27N3O4S. The molecule has 1 aliphatic heterocycles. The number of anilines is 1. The van der Waals surface area contributed by atoms with Crippen molar-refractivity contribution in [3.05, 3.63) is 53.9 Å². The number of amides is 2. The smallest absolute Gasteiger partial charge is 0.256 e. The first kappa shape index (κ1) is 21.5. The Morgan fingerprint density at radius 3 is 2.55 bits per heavy atom. The number of rotatable bonds is 6. The third-order valence-electron chi connectivity index (χ3n) is 6.24. The minimum atomic E-state index is -3.56. The fourth-order valence-electron chi connectivity index (χ4n) is 4.69. The largest absolute Gasteiger partial charge is 0.324 e. The SMILES string of the molecule is CS(=O)(=O)c1cccc2c1C(=O)N([C@@H](CC1CCCCC1)C(=O)Nc1ccncc1)C2. The summed E-state index contributed by atoms with van der Waals surface area (Å²) in [6, 6.07) is 7.63. The van der Waals surface area contributed by atoms with Gasteiger partial charge in [-0.3, -0.25) is 14.6 Å². The zero-order valence-electron chi connectivity index (χ0n) is 17.6. The molecule has 1 fully saturated rings. The van der Waals surface area contributed by atoms with Gasteiger partial charge in [-0.05, 0) is 36.1 Å². The Kier molecular flexibility index (Phi) is 6.09. The van der Waals surface area contributed by atoms with Crippen LogP contribution in [0.1, 0.15) is 54.4 Å². The lowest BCUT2D eigenvalue weighted by Gasteiger charge is -2.31. The fraction of sp³-hybridized carbons (Fsp3) is 0.435. The van der Waals surface area contributed by atoms with Crippen molar-refractivity contribution in [1.82, 2.24) is 9.88 Å². The number of nitrogens with one attached hydrogen (secondary N) is 1. The van der Waals surface area contributed by atoms with Gasteiger partial charge in [0.25, 0.3) is 5.91 Å². The number of hydrogen-bond donors (Lipinski definition) is 1. The topological polar surface area (TPSA) is 96.4 Å². The van der Waals surface area contributed by atoms with E-state index in [1.54, 1.807) is 41.6 Å². The average Bonchev–Trinajstić information content (AvgIpc) is 3.09. The van der Waals surface area contributed by atoms with Gasteiger partial charge in [-0.25, -0.2) is 8.42 Å². The summed E-state index contributed by atoms with van der Waals surface area (Å²) in [6.45, 7) is 0.235. The van der Waals surface area contributed by atoms with E-state index in [1.807, 2.05) is 0 Å². The summed E-state index contributed by atoms with van der Waals surface area (Å²) < 4.78 is 24.5. The Hall–Kier alpha value is -2.74. The average molecular weight is 442 g/mol. The van der Waals surface area contributed by atoms with Crippen LogP contribution in [0, 0.1) is 5.92 Å². The van der Waals surface area contributed by atoms with Crippen molar-refractivity contribution in [2.45, 2.75) is 56.0 Å². The van der Waals surface area contributed by atoms with Crippen molar-refractivity contribution in [3.63, 3.8) is 0 Å². The lowest BCUT2D eigenvalue weighted by molar-refractivity contribution is -0.121. The van der Waals surface area contributed by atoms with Crippen LogP contribution in [0.15, 0.2) is 47.6 Å².